The molecule has 9 heteroatoms. The van der Waals surface area contributed by atoms with Crippen LogP contribution < -0.4 is 0 Å². The Labute approximate surface area is 120 Å². The minimum atomic E-state index is -3.57. The third-order valence-corrected chi connectivity index (χ3v) is 7.75. The summed E-state index contributed by atoms with van der Waals surface area (Å²) in [4.78, 5) is 0. The van der Waals surface area contributed by atoms with Crippen LogP contribution >= 0.6 is 0 Å². The summed E-state index contributed by atoms with van der Waals surface area (Å²) in [7, 11) is -6.68. The smallest absolute Gasteiger partial charge is 0.282 e. The van der Waals surface area contributed by atoms with E-state index in [2.05, 4.69) is 0 Å². The van der Waals surface area contributed by atoms with E-state index in [0.717, 1.165) is 0 Å². The first-order valence-corrected chi connectivity index (χ1v) is 10.1. The Bertz CT molecular complexity index is 523. The molecule has 2 heterocycles. The Kier molecular flexibility index (Phi) is 5.06. The summed E-state index contributed by atoms with van der Waals surface area (Å²) in [5, 5.41) is 9.08. The lowest BCUT2D eigenvalue weighted by Gasteiger charge is -2.33. The lowest BCUT2D eigenvalue weighted by atomic mass is 10.00. The molecule has 0 radical (unpaired) electrons. The normalized spacial score (nSPS) is 27.2. The van der Waals surface area contributed by atoms with E-state index >= 15 is 0 Å². The van der Waals surface area contributed by atoms with Gasteiger partial charge in [0.05, 0.1) is 11.5 Å². The Hall–Kier alpha value is -0.220. The van der Waals surface area contributed by atoms with E-state index in [9.17, 15) is 16.8 Å². The molecule has 0 amide bonds. The summed E-state index contributed by atoms with van der Waals surface area (Å²) in [5.74, 6) is 0.135. The van der Waals surface area contributed by atoms with Crippen molar-refractivity contribution < 1.29 is 21.9 Å². The molecule has 0 unspecified atom stereocenters. The third-order valence-electron chi connectivity index (χ3n) is 4.00. The highest BCUT2D eigenvalue weighted by Gasteiger charge is 2.34. The minimum Gasteiger partial charge on any atom is -0.396 e. The number of sulfone groups is 1. The van der Waals surface area contributed by atoms with Gasteiger partial charge in [-0.2, -0.15) is 17.0 Å². The molecule has 0 aliphatic carbocycles. The van der Waals surface area contributed by atoms with Crippen LogP contribution in [0.3, 0.4) is 0 Å². The van der Waals surface area contributed by atoms with Crippen LogP contribution in [0.2, 0.25) is 0 Å². The number of nitrogens with zero attached hydrogens (tertiary/aromatic N) is 2. The molecular formula is C11H22N2O5S2. The average molecular weight is 326 g/mol. The summed E-state index contributed by atoms with van der Waals surface area (Å²) in [6, 6.07) is 0. The lowest BCUT2D eigenvalue weighted by molar-refractivity contribution is 0.166. The van der Waals surface area contributed by atoms with E-state index in [4.69, 9.17) is 5.11 Å². The Morgan fingerprint density at radius 2 is 1.60 bits per heavy atom. The Balaban J connectivity index is 2.03. The standard InChI is InChI=1S/C11H22N2O5S2/c14-10-11-2-5-13(6-3-11)20(17,18)12-4-1-8-19(15,16)9-7-12/h11,14H,1-10H2. The van der Waals surface area contributed by atoms with E-state index in [-0.39, 0.29) is 37.1 Å². The van der Waals surface area contributed by atoms with Crippen LogP contribution in [0, 0.1) is 5.92 Å². The monoisotopic (exact) mass is 326 g/mol. The fourth-order valence-electron chi connectivity index (χ4n) is 2.63. The molecule has 0 aromatic rings. The van der Waals surface area contributed by atoms with Crippen LogP contribution in [-0.4, -0.2) is 74.8 Å². The molecule has 2 aliphatic heterocycles. The molecule has 2 aliphatic rings. The van der Waals surface area contributed by atoms with Crippen LogP contribution in [0.4, 0.5) is 0 Å². The maximum Gasteiger partial charge on any atom is 0.282 e. The van der Waals surface area contributed by atoms with Crippen LogP contribution in [0.15, 0.2) is 0 Å². The molecule has 0 aromatic carbocycles. The van der Waals surface area contributed by atoms with Crippen molar-refractivity contribution in [3.63, 3.8) is 0 Å². The van der Waals surface area contributed by atoms with Gasteiger partial charge in [0, 0.05) is 32.8 Å². The van der Waals surface area contributed by atoms with Gasteiger partial charge in [0.15, 0.2) is 9.84 Å². The van der Waals surface area contributed by atoms with Crippen molar-refractivity contribution in [3.05, 3.63) is 0 Å². The molecular weight excluding hydrogens is 304 g/mol. The quantitative estimate of drug-likeness (QED) is 0.722. The topological polar surface area (TPSA) is 95.0 Å². The largest absolute Gasteiger partial charge is 0.396 e. The maximum absolute atomic E-state index is 12.5. The number of piperidine rings is 1. The van der Waals surface area contributed by atoms with Crippen molar-refractivity contribution in [1.29, 1.82) is 0 Å². The predicted molar refractivity (Wildman–Crippen MR) is 75.1 cm³/mol. The van der Waals surface area contributed by atoms with E-state index in [1.54, 1.807) is 0 Å². The molecule has 2 fully saturated rings. The van der Waals surface area contributed by atoms with Crippen molar-refractivity contribution >= 4 is 20.0 Å². The average Bonchev–Trinajstić information content (AvgIpc) is 2.60. The van der Waals surface area contributed by atoms with Crippen molar-refractivity contribution in [2.24, 2.45) is 5.92 Å². The minimum absolute atomic E-state index is 0.0462. The highest BCUT2D eigenvalue weighted by atomic mass is 32.2. The van der Waals surface area contributed by atoms with Crippen molar-refractivity contribution in [2.45, 2.75) is 19.3 Å². The molecule has 0 aromatic heterocycles. The molecule has 118 valence electrons. The van der Waals surface area contributed by atoms with Gasteiger partial charge in [0.25, 0.3) is 10.2 Å². The second-order valence-electron chi connectivity index (χ2n) is 5.44. The molecule has 0 spiro atoms. The van der Waals surface area contributed by atoms with Gasteiger partial charge >= 0.3 is 0 Å². The summed E-state index contributed by atoms with van der Waals surface area (Å²) in [6.07, 6.45) is 1.67. The first-order valence-electron chi connectivity index (χ1n) is 6.92. The summed E-state index contributed by atoms with van der Waals surface area (Å²) < 4.78 is 50.8. The molecule has 0 bridgehead atoms. The van der Waals surface area contributed by atoms with Gasteiger partial charge in [0.1, 0.15) is 0 Å². The van der Waals surface area contributed by atoms with Gasteiger partial charge in [-0.3, -0.25) is 0 Å². The number of aliphatic hydroxyl groups is 1. The third kappa shape index (κ3) is 3.70. The van der Waals surface area contributed by atoms with E-state index in [1.807, 2.05) is 0 Å². The van der Waals surface area contributed by atoms with Crippen LogP contribution in [0.5, 0.6) is 0 Å². The lowest BCUT2D eigenvalue weighted by Crippen LogP contribution is -2.48. The SMILES string of the molecule is O=S1(=O)CCCN(S(=O)(=O)N2CCC(CO)CC2)CC1. The van der Waals surface area contributed by atoms with Crippen molar-refractivity contribution in [2.75, 3.05) is 44.3 Å². The van der Waals surface area contributed by atoms with E-state index < -0.39 is 20.0 Å². The second kappa shape index (κ2) is 6.27. The fraction of sp³-hybridized carbons (Fsp3) is 1.00. The highest BCUT2D eigenvalue weighted by molar-refractivity contribution is 7.91. The Morgan fingerprint density at radius 3 is 2.20 bits per heavy atom. The fourth-order valence-corrected chi connectivity index (χ4v) is 5.70. The highest BCUT2D eigenvalue weighted by Crippen LogP contribution is 2.22. The van der Waals surface area contributed by atoms with Gasteiger partial charge in [0.2, 0.25) is 0 Å². The zero-order chi connectivity index (χ0) is 14.8. The summed E-state index contributed by atoms with van der Waals surface area (Å²) >= 11 is 0. The van der Waals surface area contributed by atoms with Gasteiger partial charge in [-0.15, -0.1) is 0 Å². The van der Waals surface area contributed by atoms with Gasteiger partial charge < -0.3 is 5.11 Å². The number of hydrogen-bond acceptors (Lipinski definition) is 5. The van der Waals surface area contributed by atoms with Crippen molar-refractivity contribution in [1.82, 2.24) is 8.61 Å². The number of hydrogen-bond donors (Lipinski definition) is 1. The molecule has 2 rings (SSSR count). The molecule has 2 saturated heterocycles. The number of aliphatic hydroxyl groups excluding tert-OH is 1. The first kappa shape index (κ1) is 16.2. The van der Waals surface area contributed by atoms with Crippen molar-refractivity contribution in [3.8, 4) is 0 Å². The second-order valence-corrected chi connectivity index (χ2v) is 9.67. The van der Waals surface area contributed by atoms with E-state index in [0.29, 0.717) is 32.4 Å². The first-order chi connectivity index (χ1) is 9.35. The predicted octanol–water partition coefficient (Wildman–Crippen LogP) is -0.944. The summed E-state index contributed by atoms with van der Waals surface area (Å²) in [6.45, 7) is 1.20. The van der Waals surface area contributed by atoms with Crippen LogP contribution in [0.25, 0.3) is 0 Å². The molecule has 20 heavy (non-hydrogen) atoms. The Morgan fingerprint density at radius 1 is 1.00 bits per heavy atom. The molecule has 7 nitrogen and oxygen atoms in total. The molecule has 0 saturated carbocycles. The van der Waals surface area contributed by atoms with Crippen LogP contribution in [-0.2, 0) is 20.0 Å². The zero-order valence-corrected chi connectivity index (χ0v) is 13.1. The number of rotatable bonds is 3. The van der Waals surface area contributed by atoms with Crippen LogP contribution in [0.1, 0.15) is 19.3 Å². The van der Waals surface area contributed by atoms with Gasteiger partial charge in [-0.1, -0.05) is 0 Å². The van der Waals surface area contributed by atoms with Gasteiger partial charge in [-0.05, 0) is 25.2 Å². The summed E-state index contributed by atoms with van der Waals surface area (Å²) in [5.41, 5.74) is 0. The maximum atomic E-state index is 12.5. The van der Waals surface area contributed by atoms with Gasteiger partial charge in [-0.25, -0.2) is 8.42 Å². The molecule has 0 atom stereocenters. The molecule has 1 N–H and O–H groups in total. The van der Waals surface area contributed by atoms with E-state index in [1.165, 1.54) is 8.61 Å². The zero-order valence-electron chi connectivity index (χ0n) is 11.4.